The lowest BCUT2D eigenvalue weighted by molar-refractivity contribution is -0.120. The molecule has 0 radical (unpaired) electrons. The third-order valence-corrected chi connectivity index (χ3v) is 3.53. The molecule has 4 N–H and O–H groups in total. The van der Waals surface area contributed by atoms with E-state index in [4.69, 9.17) is 38.5 Å². The van der Waals surface area contributed by atoms with E-state index in [1.54, 1.807) is 18.2 Å². The maximum absolute atomic E-state index is 11.7. The fraction of sp³-hybridized carbons (Fsp3) is 0.308. The Kier molecular flexibility index (Phi) is 6.45. The number of hydrogen-bond donors (Lipinski definition) is 4. The Hall–Kier alpha value is -1.11. The van der Waals surface area contributed by atoms with Gasteiger partial charge in [0, 0.05) is 6.08 Å². The molecule has 5 nitrogen and oxygen atoms in total. The Morgan fingerprint density at radius 1 is 1.20 bits per heavy atom. The van der Waals surface area contributed by atoms with Gasteiger partial charge in [-0.05, 0) is 17.7 Å². The predicted molar refractivity (Wildman–Crippen MR) is 77.6 cm³/mol. The molecule has 110 valence electrons. The average molecular weight is 320 g/mol. The standard InChI is InChI=1S/C13H15Cl2NO4/c14-10-3-1-2-9(12(10)15)4-5-11(20)16-13(6-17,7-18)8-19/h1-5,17-19H,6-8H2,(H,16,20)/b5-4+. The third kappa shape index (κ3) is 4.19. The second-order valence-corrected chi connectivity index (χ2v) is 5.01. The van der Waals surface area contributed by atoms with Gasteiger partial charge in [-0.15, -0.1) is 0 Å². The van der Waals surface area contributed by atoms with Gasteiger partial charge in [0.1, 0.15) is 5.54 Å². The van der Waals surface area contributed by atoms with E-state index in [1.165, 1.54) is 12.2 Å². The molecule has 0 aliphatic heterocycles. The molecular weight excluding hydrogens is 305 g/mol. The number of aliphatic hydroxyl groups is 3. The van der Waals surface area contributed by atoms with E-state index in [0.717, 1.165) is 0 Å². The van der Waals surface area contributed by atoms with E-state index in [0.29, 0.717) is 15.6 Å². The first-order chi connectivity index (χ1) is 9.48. The van der Waals surface area contributed by atoms with Crippen LogP contribution in [0.4, 0.5) is 0 Å². The average Bonchev–Trinajstić information content (AvgIpc) is 2.46. The third-order valence-electron chi connectivity index (χ3n) is 2.69. The molecule has 0 unspecified atom stereocenters. The number of amides is 1. The van der Waals surface area contributed by atoms with Crippen LogP contribution in [0.1, 0.15) is 5.56 Å². The molecule has 0 saturated carbocycles. The van der Waals surface area contributed by atoms with Gasteiger partial charge < -0.3 is 20.6 Å². The number of carbonyl (C=O) groups is 1. The summed E-state index contributed by atoms with van der Waals surface area (Å²) in [7, 11) is 0. The van der Waals surface area contributed by atoms with Gasteiger partial charge in [0.2, 0.25) is 5.91 Å². The topological polar surface area (TPSA) is 89.8 Å². The maximum atomic E-state index is 11.7. The summed E-state index contributed by atoms with van der Waals surface area (Å²) in [4.78, 5) is 11.7. The SMILES string of the molecule is O=C(/C=C/c1cccc(Cl)c1Cl)NC(CO)(CO)CO. The lowest BCUT2D eigenvalue weighted by Crippen LogP contribution is -2.56. The van der Waals surface area contributed by atoms with Crippen molar-refractivity contribution in [3.63, 3.8) is 0 Å². The molecule has 0 aromatic heterocycles. The molecule has 0 aliphatic carbocycles. The quantitative estimate of drug-likeness (QED) is 0.585. The zero-order valence-corrected chi connectivity index (χ0v) is 12.0. The van der Waals surface area contributed by atoms with Crippen molar-refractivity contribution in [1.29, 1.82) is 0 Å². The zero-order valence-electron chi connectivity index (χ0n) is 10.5. The molecule has 0 bridgehead atoms. The number of nitrogens with one attached hydrogen (secondary N) is 1. The van der Waals surface area contributed by atoms with Gasteiger partial charge in [-0.25, -0.2) is 0 Å². The Bertz CT molecular complexity index is 493. The van der Waals surface area contributed by atoms with Crippen molar-refractivity contribution < 1.29 is 20.1 Å². The highest BCUT2D eigenvalue weighted by Gasteiger charge is 2.29. The largest absolute Gasteiger partial charge is 0.394 e. The van der Waals surface area contributed by atoms with Gasteiger partial charge in [-0.2, -0.15) is 0 Å². The summed E-state index contributed by atoms with van der Waals surface area (Å²) < 4.78 is 0. The molecule has 0 spiro atoms. The Morgan fingerprint density at radius 2 is 1.80 bits per heavy atom. The van der Waals surface area contributed by atoms with E-state index < -0.39 is 31.3 Å². The summed E-state index contributed by atoms with van der Waals surface area (Å²) in [6, 6.07) is 4.98. The van der Waals surface area contributed by atoms with Crippen LogP contribution in [0.15, 0.2) is 24.3 Å². The first-order valence-corrected chi connectivity index (χ1v) is 6.50. The molecule has 7 heteroatoms. The highest BCUT2D eigenvalue weighted by Crippen LogP contribution is 2.26. The number of halogens is 2. The summed E-state index contributed by atoms with van der Waals surface area (Å²) in [6.07, 6.45) is 2.62. The van der Waals surface area contributed by atoms with Crippen molar-refractivity contribution >= 4 is 35.2 Å². The van der Waals surface area contributed by atoms with Gasteiger partial charge in [-0.3, -0.25) is 4.79 Å². The lowest BCUT2D eigenvalue weighted by Gasteiger charge is -2.27. The minimum absolute atomic E-state index is 0.316. The summed E-state index contributed by atoms with van der Waals surface area (Å²) in [6.45, 7) is -1.76. The second-order valence-electron chi connectivity index (χ2n) is 4.22. The fourth-order valence-electron chi connectivity index (χ4n) is 1.39. The number of benzene rings is 1. The van der Waals surface area contributed by atoms with Gasteiger partial charge in [0.05, 0.1) is 29.9 Å². The first-order valence-electron chi connectivity index (χ1n) is 5.75. The predicted octanol–water partition coefficient (Wildman–Crippen LogP) is 0.838. The van der Waals surface area contributed by atoms with Gasteiger partial charge in [0.15, 0.2) is 0 Å². The molecule has 0 saturated heterocycles. The van der Waals surface area contributed by atoms with Crippen LogP contribution < -0.4 is 5.32 Å². The van der Waals surface area contributed by atoms with Crippen LogP contribution in [0, 0.1) is 0 Å². The van der Waals surface area contributed by atoms with Crippen LogP contribution in [-0.2, 0) is 4.79 Å². The van der Waals surface area contributed by atoms with E-state index >= 15 is 0 Å². The monoisotopic (exact) mass is 319 g/mol. The van der Waals surface area contributed by atoms with Crippen LogP contribution in [0.3, 0.4) is 0 Å². The number of hydrogen-bond acceptors (Lipinski definition) is 4. The van der Waals surface area contributed by atoms with Crippen LogP contribution in [0.5, 0.6) is 0 Å². The summed E-state index contributed by atoms with van der Waals surface area (Å²) in [5.74, 6) is -0.585. The molecule has 1 aromatic rings. The molecular formula is C13H15Cl2NO4. The fourth-order valence-corrected chi connectivity index (χ4v) is 1.76. The molecule has 0 atom stereocenters. The lowest BCUT2D eigenvalue weighted by atomic mass is 10.0. The number of rotatable bonds is 6. The summed E-state index contributed by atoms with van der Waals surface area (Å²) in [5, 5.41) is 30.3. The molecule has 1 aromatic carbocycles. The molecule has 0 aliphatic rings. The van der Waals surface area contributed by atoms with E-state index in [1.807, 2.05) is 0 Å². The van der Waals surface area contributed by atoms with Crippen LogP contribution in [0.2, 0.25) is 10.0 Å². The molecule has 1 amide bonds. The molecule has 0 heterocycles. The summed E-state index contributed by atoms with van der Waals surface area (Å²) >= 11 is 11.8. The Morgan fingerprint density at radius 3 is 2.35 bits per heavy atom. The van der Waals surface area contributed by atoms with Crippen LogP contribution >= 0.6 is 23.2 Å². The minimum Gasteiger partial charge on any atom is -0.394 e. The first kappa shape index (κ1) is 16.9. The van der Waals surface area contributed by atoms with E-state index in [2.05, 4.69) is 5.32 Å². The van der Waals surface area contributed by atoms with Gasteiger partial charge in [0.25, 0.3) is 0 Å². The Balaban J connectivity index is 2.80. The second kappa shape index (κ2) is 7.61. The zero-order chi connectivity index (χ0) is 15.2. The van der Waals surface area contributed by atoms with E-state index in [-0.39, 0.29) is 0 Å². The Labute approximate surface area is 126 Å². The molecule has 0 fully saturated rings. The van der Waals surface area contributed by atoms with E-state index in [9.17, 15) is 4.79 Å². The maximum Gasteiger partial charge on any atom is 0.244 e. The minimum atomic E-state index is -1.46. The van der Waals surface area contributed by atoms with Crippen LogP contribution in [0.25, 0.3) is 6.08 Å². The summed E-state index contributed by atoms with van der Waals surface area (Å²) in [5.41, 5.74) is -0.906. The van der Waals surface area contributed by atoms with Crippen molar-refractivity contribution in [3.05, 3.63) is 39.9 Å². The van der Waals surface area contributed by atoms with Gasteiger partial charge in [-0.1, -0.05) is 35.3 Å². The number of aliphatic hydroxyl groups excluding tert-OH is 3. The highest BCUT2D eigenvalue weighted by atomic mass is 35.5. The van der Waals surface area contributed by atoms with Crippen molar-refractivity contribution in [2.24, 2.45) is 0 Å². The van der Waals surface area contributed by atoms with Crippen molar-refractivity contribution in [1.82, 2.24) is 5.32 Å². The molecule has 1 rings (SSSR count). The van der Waals surface area contributed by atoms with Crippen molar-refractivity contribution in [3.8, 4) is 0 Å². The number of carbonyl (C=O) groups excluding carboxylic acids is 1. The highest BCUT2D eigenvalue weighted by molar-refractivity contribution is 6.42. The van der Waals surface area contributed by atoms with Gasteiger partial charge >= 0.3 is 0 Å². The normalized spacial score (nSPS) is 11.8. The van der Waals surface area contributed by atoms with Crippen molar-refractivity contribution in [2.75, 3.05) is 19.8 Å². The molecule has 20 heavy (non-hydrogen) atoms. The van der Waals surface area contributed by atoms with Crippen LogP contribution in [-0.4, -0.2) is 46.6 Å². The smallest absolute Gasteiger partial charge is 0.244 e. The van der Waals surface area contributed by atoms with Crippen molar-refractivity contribution in [2.45, 2.75) is 5.54 Å².